The molecule has 0 heterocycles. The Labute approximate surface area is 141 Å². The maximum atomic E-state index is 13.2. The molecule has 1 aromatic carbocycles. The number of unbranched alkanes of at least 4 members (excludes halogenated alkanes) is 1. The van der Waals surface area contributed by atoms with Gasteiger partial charge in [-0.1, -0.05) is 13.3 Å². The summed E-state index contributed by atoms with van der Waals surface area (Å²) in [6.45, 7) is 2.77. The monoisotopic (exact) mass is 338 g/mol. The van der Waals surface area contributed by atoms with Gasteiger partial charge in [0.25, 0.3) is 0 Å². The molecular weight excluding hydrogens is 314 g/mol. The number of anilines is 1. The standard InChI is InChI=1S/C18H24F2N2O2/c1-2-3-10-21-17(23)12-4-6-13(7-5-12)18(24)22-14-8-9-15(19)16(20)11-14/h8-9,11-13H,2-7,10H2,1H3,(H,21,23)(H,22,24). The molecule has 132 valence electrons. The first kappa shape index (κ1) is 18.4. The third-order valence-corrected chi connectivity index (χ3v) is 4.49. The van der Waals surface area contributed by atoms with Crippen molar-refractivity contribution in [1.82, 2.24) is 5.32 Å². The molecule has 6 heteroatoms. The molecule has 1 aromatic rings. The molecule has 0 aromatic heterocycles. The number of nitrogens with one attached hydrogen (secondary N) is 2. The van der Waals surface area contributed by atoms with E-state index in [2.05, 4.69) is 17.6 Å². The zero-order chi connectivity index (χ0) is 17.5. The summed E-state index contributed by atoms with van der Waals surface area (Å²) in [6, 6.07) is 3.30. The quantitative estimate of drug-likeness (QED) is 0.778. The van der Waals surface area contributed by atoms with Gasteiger partial charge in [0.05, 0.1) is 0 Å². The van der Waals surface area contributed by atoms with Crippen LogP contribution >= 0.6 is 0 Å². The number of carbonyl (C=O) groups excluding carboxylic acids is 2. The molecule has 0 radical (unpaired) electrons. The first-order valence-corrected chi connectivity index (χ1v) is 8.55. The molecule has 1 fully saturated rings. The number of rotatable bonds is 6. The molecule has 1 aliphatic rings. The second-order valence-corrected chi connectivity index (χ2v) is 6.31. The van der Waals surface area contributed by atoms with E-state index in [-0.39, 0.29) is 29.3 Å². The van der Waals surface area contributed by atoms with Crippen LogP contribution in [0, 0.1) is 23.5 Å². The van der Waals surface area contributed by atoms with E-state index in [0.29, 0.717) is 32.2 Å². The number of benzene rings is 1. The molecule has 0 atom stereocenters. The van der Waals surface area contributed by atoms with Crippen LogP contribution in [0.25, 0.3) is 0 Å². The third-order valence-electron chi connectivity index (χ3n) is 4.49. The minimum Gasteiger partial charge on any atom is -0.356 e. The summed E-state index contributed by atoms with van der Waals surface area (Å²) in [5, 5.41) is 5.55. The van der Waals surface area contributed by atoms with Crippen LogP contribution in [0.3, 0.4) is 0 Å². The van der Waals surface area contributed by atoms with Gasteiger partial charge < -0.3 is 10.6 Å². The van der Waals surface area contributed by atoms with Gasteiger partial charge in [0.15, 0.2) is 11.6 Å². The highest BCUT2D eigenvalue weighted by atomic mass is 19.2. The predicted molar refractivity (Wildman–Crippen MR) is 88.4 cm³/mol. The molecule has 24 heavy (non-hydrogen) atoms. The van der Waals surface area contributed by atoms with E-state index in [1.807, 2.05) is 0 Å². The van der Waals surface area contributed by atoms with E-state index in [1.165, 1.54) is 6.07 Å². The Bertz CT molecular complexity index is 584. The van der Waals surface area contributed by atoms with Gasteiger partial charge >= 0.3 is 0 Å². The second-order valence-electron chi connectivity index (χ2n) is 6.31. The molecule has 0 bridgehead atoms. The summed E-state index contributed by atoms with van der Waals surface area (Å²) < 4.78 is 26.1. The Balaban J connectivity index is 1.79. The summed E-state index contributed by atoms with van der Waals surface area (Å²) in [7, 11) is 0. The van der Waals surface area contributed by atoms with Crippen molar-refractivity contribution in [1.29, 1.82) is 0 Å². The number of hydrogen-bond donors (Lipinski definition) is 2. The van der Waals surface area contributed by atoms with Gasteiger partial charge in [0.2, 0.25) is 11.8 Å². The van der Waals surface area contributed by atoms with Gasteiger partial charge in [-0.15, -0.1) is 0 Å². The van der Waals surface area contributed by atoms with Gasteiger partial charge in [-0.05, 0) is 44.2 Å². The SMILES string of the molecule is CCCCNC(=O)C1CCC(C(=O)Nc2ccc(F)c(F)c2)CC1. The molecule has 2 N–H and O–H groups in total. The maximum absolute atomic E-state index is 13.2. The smallest absolute Gasteiger partial charge is 0.227 e. The molecule has 2 rings (SSSR count). The normalized spacial score (nSPS) is 20.5. The van der Waals surface area contributed by atoms with Gasteiger partial charge in [0, 0.05) is 30.1 Å². The minimum absolute atomic E-state index is 0.0332. The molecule has 0 spiro atoms. The third kappa shape index (κ3) is 5.01. The number of amides is 2. The second kappa shape index (κ2) is 8.76. The van der Waals surface area contributed by atoms with Gasteiger partial charge in [-0.2, -0.15) is 0 Å². The molecule has 0 unspecified atom stereocenters. The van der Waals surface area contributed by atoms with Crippen molar-refractivity contribution in [3.05, 3.63) is 29.8 Å². The summed E-state index contributed by atoms with van der Waals surface area (Å²) in [6.07, 6.45) is 4.61. The highest BCUT2D eigenvalue weighted by molar-refractivity contribution is 5.92. The van der Waals surface area contributed by atoms with E-state index < -0.39 is 11.6 Å². The summed E-state index contributed by atoms with van der Waals surface area (Å²) >= 11 is 0. The number of hydrogen-bond acceptors (Lipinski definition) is 2. The zero-order valence-electron chi connectivity index (χ0n) is 13.9. The fraction of sp³-hybridized carbons (Fsp3) is 0.556. The molecule has 2 amide bonds. The van der Waals surface area contributed by atoms with Crippen LogP contribution in [0.1, 0.15) is 45.4 Å². The predicted octanol–water partition coefficient (Wildman–Crippen LogP) is 3.63. The topological polar surface area (TPSA) is 58.2 Å². The Morgan fingerprint density at radius 1 is 1.04 bits per heavy atom. The molecule has 1 aliphatic carbocycles. The highest BCUT2D eigenvalue weighted by Gasteiger charge is 2.29. The van der Waals surface area contributed by atoms with Crippen LogP contribution in [-0.2, 0) is 9.59 Å². The van der Waals surface area contributed by atoms with E-state index in [9.17, 15) is 18.4 Å². The van der Waals surface area contributed by atoms with Crippen LogP contribution in [-0.4, -0.2) is 18.4 Å². The van der Waals surface area contributed by atoms with Gasteiger partial charge in [0.1, 0.15) is 0 Å². The Hall–Kier alpha value is -1.98. The lowest BCUT2D eigenvalue weighted by Crippen LogP contribution is -2.35. The lowest BCUT2D eigenvalue weighted by atomic mass is 9.81. The van der Waals surface area contributed by atoms with Crippen molar-refractivity contribution in [2.45, 2.75) is 45.4 Å². The average molecular weight is 338 g/mol. The van der Waals surface area contributed by atoms with E-state index in [1.54, 1.807) is 0 Å². The van der Waals surface area contributed by atoms with Crippen LogP contribution in [0.2, 0.25) is 0 Å². The summed E-state index contributed by atoms with van der Waals surface area (Å²) in [5.74, 6) is -2.29. The average Bonchev–Trinajstić information content (AvgIpc) is 2.58. The van der Waals surface area contributed by atoms with Gasteiger partial charge in [-0.25, -0.2) is 8.78 Å². The lowest BCUT2D eigenvalue weighted by molar-refractivity contribution is -0.128. The number of carbonyl (C=O) groups is 2. The molecule has 0 aliphatic heterocycles. The van der Waals surface area contributed by atoms with Crippen molar-refractivity contribution < 1.29 is 18.4 Å². The Morgan fingerprint density at radius 3 is 2.25 bits per heavy atom. The van der Waals surface area contributed by atoms with E-state index in [4.69, 9.17) is 0 Å². The van der Waals surface area contributed by atoms with E-state index in [0.717, 1.165) is 25.0 Å². The molecular formula is C18H24F2N2O2. The van der Waals surface area contributed by atoms with Crippen molar-refractivity contribution in [3.8, 4) is 0 Å². The Morgan fingerprint density at radius 2 is 1.67 bits per heavy atom. The fourth-order valence-corrected chi connectivity index (χ4v) is 2.97. The first-order valence-electron chi connectivity index (χ1n) is 8.55. The summed E-state index contributed by atoms with van der Waals surface area (Å²) in [5.41, 5.74) is 0.248. The van der Waals surface area contributed by atoms with Crippen molar-refractivity contribution in [2.24, 2.45) is 11.8 Å². The Kier molecular flexibility index (Phi) is 6.70. The first-order chi connectivity index (χ1) is 11.5. The van der Waals surface area contributed by atoms with Crippen LogP contribution in [0.4, 0.5) is 14.5 Å². The highest BCUT2D eigenvalue weighted by Crippen LogP contribution is 2.30. The maximum Gasteiger partial charge on any atom is 0.227 e. The van der Waals surface area contributed by atoms with E-state index >= 15 is 0 Å². The summed E-state index contributed by atoms with van der Waals surface area (Å²) in [4.78, 5) is 24.2. The van der Waals surface area contributed by atoms with Crippen molar-refractivity contribution in [3.63, 3.8) is 0 Å². The van der Waals surface area contributed by atoms with Crippen LogP contribution < -0.4 is 10.6 Å². The van der Waals surface area contributed by atoms with Crippen LogP contribution in [0.15, 0.2) is 18.2 Å². The van der Waals surface area contributed by atoms with Crippen molar-refractivity contribution in [2.75, 3.05) is 11.9 Å². The van der Waals surface area contributed by atoms with Gasteiger partial charge in [-0.3, -0.25) is 9.59 Å². The molecule has 0 saturated heterocycles. The minimum atomic E-state index is -0.986. The largest absolute Gasteiger partial charge is 0.356 e. The zero-order valence-corrected chi connectivity index (χ0v) is 13.9. The molecule has 4 nitrogen and oxygen atoms in total. The van der Waals surface area contributed by atoms with Crippen LogP contribution in [0.5, 0.6) is 0 Å². The lowest BCUT2D eigenvalue weighted by Gasteiger charge is -2.27. The van der Waals surface area contributed by atoms with Crippen molar-refractivity contribution >= 4 is 17.5 Å². The fourth-order valence-electron chi connectivity index (χ4n) is 2.97. The number of halogens is 2. The molecule has 1 saturated carbocycles.